The van der Waals surface area contributed by atoms with Crippen molar-refractivity contribution in [2.45, 2.75) is 44.8 Å². The minimum Gasteiger partial charge on any atom is -0.487 e. The van der Waals surface area contributed by atoms with Gasteiger partial charge in [0, 0.05) is 18.6 Å². The van der Waals surface area contributed by atoms with Crippen molar-refractivity contribution < 1.29 is 14.3 Å². The lowest BCUT2D eigenvalue weighted by molar-refractivity contribution is 0.0890. The van der Waals surface area contributed by atoms with Gasteiger partial charge in [0.1, 0.15) is 11.4 Å². The van der Waals surface area contributed by atoms with E-state index < -0.39 is 0 Å². The van der Waals surface area contributed by atoms with Crippen LogP contribution in [0.3, 0.4) is 0 Å². The van der Waals surface area contributed by atoms with E-state index in [-0.39, 0.29) is 17.0 Å². The molecular weight excluding hydrogens is 254 g/mol. The average molecular weight is 275 g/mol. The Labute approximate surface area is 119 Å². The first-order valence-electron chi connectivity index (χ1n) is 7.09. The third kappa shape index (κ3) is 2.52. The van der Waals surface area contributed by atoms with E-state index in [9.17, 15) is 4.79 Å². The Hall–Kier alpha value is -1.55. The number of amides is 1. The van der Waals surface area contributed by atoms with Gasteiger partial charge in [-0.15, -0.1) is 0 Å². The maximum atomic E-state index is 12.4. The molecule has 1 amide bonds. The first-order chi connectivity index (χ1) is 9.37. The summed E-state index contributed by atoms with van der Waals surface area (Å²) < 4.78 is 11.2. The lowest BCUT2D eigenvalue weighted by Gasteiger charge is -2.23. The minimum absolute atomic E-state index is 0.0366. The first-order valence-corrected chi connectivity index (χ1v) is 7.09. The molecule has 0 saturated carbocycles. The molecule has 0 bridgehead atoms. The monoisotopic (exact) mass is 275 g/mol. The molecule has 4 heteroatoms. The van der Waals surface area contributed by atoms with Crippen molar-refractivity contribution in [3.8, 4) is 5.75 Å². The Balaban J connectivity index is 1.77. The molecule has 0 spiro atoms. The van der Waals surface area contributed by atoms with Crippen LogP contribution in [0, 0.1) is 0 Å². The number of benzene rings is 1. The van der Waals surface area contributed by atoms with Crippen molar-refractivity contribution in [2.75, 3.05) is 13.2 Å². The highest BCUT2D eigenvalue weighted by atomic mass is 16.5. The fourth-order valence-electron chi connectivity index (χ4n) is 2.86. The summed E-state index contributed by atoms with van der Waals surface area (Å²) in [4.78, 5) is 12.4. The number of carbonyl (C=O) groups excluding carboxylic acids is 1. The molecule has 1 aromatic rings. The molecule has 0 radical (unpaired) electrons. The molecule has 1 fully saturated rings. The van der Waals surface area contributed by atoms with Crippen LogP contribution >= 0.6 is 0 Å². The molecule has 2 heterocycles. The van der Waals surface area contributed by atoms with Gasteiger partial charge in [0.15, 0.2) is 0 Å². The Morgan fingerprint density at radius 1 is 1.30 bits per heavy atom. The SMILES string of the molecule is CC1(NC(=O)c2ccc3c(c2)CC(C)(C)O3)CCOC1. The summed E-state index contributed by atoms with van der Waals surface area (Å²) in [6.45, 7) is 7.44. The van der Waals surface area contributed by atoms with Gasteiger partial charge in [0.25, 0.3) is 5.91 Å². The number of rotatable bonds is 2. The van der Waals surface area contributed by atoms with Crippen LogP contribution in [0.15, 0.2) is 18.2 Å². The summed E-state index contributed by atoms with van der Waals surface area (Å²) in [5, 5.41) is 3.08. The van der Waals surface area contributed by atoms with Gasteiger partial charge in [-0.1, -0.05) is 0 Å². The molecule has 1 saturated heterocycles. The summed E-state index contributed by atoms with van der Waals surface area (Å²) in [6, 6.07) is 5.67. The molecule has 1 N–H and O–H groups in total. The number of fused-ring (bicyclic) bond motifs is 1. The largest absolute Gasteiger partial charge is 0.487 e. The average Bonchev–Trinajstić information content (AvgIpc) is 2.89. The summed E-state index contributed by atoms with van der Waals surface area (Å²) in [5.41, 5.74) is 1.38. The summed E-state index contributed by atoms with van der Waals surface area (Å²) in [6.07, 6.45) is 1.70. The molecule has 1 aromatic carbocycles. The minimum atomic E-state index is -0.244. The standard InChI is InChI=1S/C16H21NO3/c1-15(2)9-12-8-11(4-5-13(12)20-15)14(18)17-16(3)6-7-19-10-16/h4-5,8H,6-7,9-10H2,1-3H3,(H,17,18). The summed E-state index contributed by atoms with van der Waals surface area (Å²) >= 11 is 0. The third-order valence-electron chi connectivity index (χ3n) is 3.96. The fourth-order valence-corrected chi connectivity index (χ4v) is 2.86. The second-order valence-corrected chi connectivity index (χ2v) is 6.68. The zero-order chi connectivity index (χ0) is 14.4. The van der Waals surface area contributed by atoms with Gasteiger partial charge in [0.2, 0.25) is 0 Å². The highest BCUT2D eigenvalue weighted by Crippen LogP contribution is 2.35. The fraction of sp³-hybridized carbons (Fsp3) is 0.562. The topological polar surface area (TPSA) is 47.6 Å². The molecule has 0 aliphatic carbocycles. The zero-order valence-electron chi connectivity index (χ0n) is 12.3. The van der Waals surface area contributed by atoms with E-state index in [1.807, 2.05) is 25.1 Å². The van der Waals surface area contributed by atoms with Crippen molar-refractivity contribution in [3.63, 3.8) is 0 Å². The van der Waals surface area contributed by atoms with Crippen molar-refractivity contribution >= 4 is 5.91 Å². The van der Waals surface area contributed by atoms with E-state index in [4.69, 9.17) is 9.47 Å². The number of nitrogens with one attached hydrogen (secondary N) is 1. The van der Waals surface area contributed by atoms with Gasteiger partial charge < -0.3 is 14.8 Å². The molecule has 3 rings (SSSR count). The predicted molar refractivity (Wildman–Crippen MR) is 76.2 cm³/mol. The lowest BCUT2D eigenvalue weighted by Crippen LogP contribution is -2.46. The number of carbonyl (C=O) groups is 1. The molecule has 20 heavy (non-hydrogen) atoms. The highest BCUT2D eigenvalue weighted by Gasteiger charge is 2.33. The zero-order valence-corrected chi connectivity index (χ0v) is 12.3. The van der Waals surface area contributed by atoms with Crippen LogP contribution in [-0.4, -0.2) is 30.3 Å². The van der Waals surface area contributed by atoms with Gasteiger partial charge in [0.05, 0.1) is 12.1 Å². The molecule has 1 atom stereocenters. The van der Waals surface area contributed by atoms with Gasteiger partial charge in [-0.05, 0) is 51.0 Å². The van der Waals surface area contributed by atoms with E-state index in [2.05, 4.69) is 19.2 Å². The summed E-state index contributed by atoms with van der Waals surface area (Å²) in [5.74, 6) is 0.854. The second-order valence-electron chi connectivity index (χ2n) is 6.68. The van der Waals surface area contributed by atoms with Crippen LogP contribution in [0.4, 0.5) is 0 Å². The predicted octanol–water partition coefficient (Wildman–Crippen LogP) is 2.31. The molecule has 2 aliphatic heterocycles. The van der Waals surface area contributed by atoms with Crippen LogP contribution in [0.25, 0.3) is 0 Å². The Kier molecular flexibility index (Phi) is 3.01. The number of hydrogen-bond donors (Lipinski definition) is 1. The van der Waals surface area contributed by atoms with E-state index in [1.165, 1.54) is 0 Å². The Morgan fingerprint density at radius 2 is 2.10 bits per heavy atom. The molecule has 2 aliphatic rings. The lowest BCUT2D eigenvalue weighted by atomic mass is 9.98. The van der Waals surface area contributed by atoms with Crippen LogP contribution in [0.2, 0.25) is 0 Å². The smallest absolute Gasteiger partial charge is 0.251 e. The molecule has 108 valence electrons. The third-order valence-corrected chi connectivity index (χ3v) is 3.96. The molecule has 0 aromatic heterocycles. The number of ether oxygens (including phenoxy) is 2. The van der Waals surface area contributed by atoms with Crippen LogP contribution in [0.5, 0.6) is 5.75 Å². The molecule has 1 unspecified atom stereocenters. The van der Waals surface area contributed by atoms with Gasteiger partial charge in [-0.2, -0.15) is 0 Å². The quantitative estimate of drug-likeness (QED) is 0.901. The molecular formula is C16H21NO3. The summed E-state index contributed by atoms with van der Waals surface area (Å²) in [7, 11) is 0. The van der Waals surface area contributed by atoms with E-state index >= 15 is 0 Å². The van der Waals surface area contributed by atoms with Crippen LogP contribution < -0.4 is 10.1 Å². The maximum Gasteiger partial charge on any atom is 0.251 e. The van der Waals surface area contributed by atoms with Gasteiger partial charge in [-0.3, -0.25) is 4.79 Å². The normalized spacial score (nSPS) is 26.9. The highest BCUT2D eigenvalue weighted by molar-refractivity contribution is 5.95. The molecule has 4 nitrogen and oxygen atoms in total. The van der Waals surface area contributed by atoms with E-state index in [0.717, 1.165) is 24.2 Å². The number of hydrogen-bond acceptors (Lipinski definition) is 3. The Morgan fingerprint density at radius 3 is 2.80 bits per heavy atom. The van der Waals surface area contributed by atoms with Crippen LogP contribution in [-0.2, 0) is 11.2 Å². The maximum absolute atomic E-state index is 12.4. The first kappa shape index (κ1) is 13.4. The van der Waals surface area contributed by atoms with E-state index in [1.54, 1.807) is 0 Å². The van der Waals surface area contributed by atoms with Crippen molar-refractivity contribution in [1.82, 2.24) is 5.32 Å². The van der Waals surface area contributed by atoms with Crippen molar-refractivity contribution in [3.05, 3.63) is 29.3 Å². The Bertz CT molecular complexity index is 545. The van der Waals surface area contributed by atoms with Gasteiger partial charge in [-0.25, -0.2) is 0 Å². The van der Waals surface area contributed by atoms with Crippen molar-refractivity contribution in [2.24, 2.45) is 0 Å². The second kappa shape index (κ2) is 4.48. The van der Waals surface area contributed by atoms with Crippen molar-refractivity contribution in [1.29, 1.82) is 0 Å². The van der Waals surface area contributed by atoms with E-state index in [0.29, 0.717) is 18.8 Å². The van der Waals surface area contributed by atoms with Crippen LogP contribution in [0.1, 0.15) is 43.1 Å². The van der Waals surface area contributed by atoms with Gasteiger partial charge >= 0.3 is 0 Å².